The van der Waals surface area contributed by atoms with Crippen LogP contribution in [-0.4, -0.2) is 91.1 Å². The van der Waals surface area contributed by atoms with Crippen molar-refractivity contribution in [2.45, 2.75) is 45.4 Å². The average molecular weight is 653 g/mol. The lowest BCUT2D eigenvalue weighted by Gasteiger charge is -2.32. The van der Waals surface area contributed by atoms with Gasteiger partial charge in [-0.3, -0.25) is 14.5 Å². The highest BCUT2D eigenvalue weighted by Crippen LogP contribution is 2.37. The zero-order chi connectivity index (χ0) is 32.5. The van der Waals surface area contributed by atoms with E-state index >= 15 is 0 Å². The average Bonchev–Trinajstić information content (AvgIpc) is 3.55. The van der Waals surface area contributed by atoms with Crippen LogP contribution in [0.5, 0.6) is 0 Å². The Bertz CT molecular complexity index is 1420. The highest BCUT2D eigenvalue weighted by atomic mass is 35.5. The molecular formula is C32H37ClF4N4O4. The van der Waals surface area contributed by atoms with Crippen LogP contribution in [0.15, 0.2) is 36.4 Å². The molecular weight excluding hydrogens is 616 g/mol. The molecule has 13 heteroatoms. The summed E-state index contributed by atoms with van der Waals surface area (Å²) >= 11 is 6.38. The third-order valence-electron chi connectivity index (χ3n) is 9.08. The molecule has 3 saturated heterocycles. The van der Waals surface area contributed by atoms with Crippen molar-refractivity contribution < 1.29 is 36.7 Å². The van der Waals surface area contributed by atoms with Crippen molar-refractivity contribution >= 4 is 35.2 Å². The van der Waals surface area contributed by atoms with Crippen molar-refractivity contribution in [3.63, 3.8) is 0 Å². The highest BCUT2D eigenvalue weighted by molar-refractivity contribution is 6.31. The molecule has 0 saturated carbocycles. The van der Waals surface area contributed by atoms with E-state index < -0.39 is 35.1 Å². The molecule has 3 amide bonds. The minimum atomic E-state index is -4.84. The first-order valence-corrected chi connectivity index (χ1v) is 15.6. The normalized spacial score (nSPS) is 20.8. The number of rotatable bonds is 7. The molecule has 2 unspecified atom stereocenters. The molecule has 0 radical (unpaired) electrons. The molecule has 0 bridgehead atoms. The maximum atomic E-state index is 14.4. The molecule has 0 aromatic heterocycles. The number of fused-ring (bicyclic) bond motifs is 1. The zero-order valence-corrected chi connectivity index (χ0v) is 26.0. The molecule has 2 aromatic rings. The number of ether oxygens (including phenoxy) is 1. The van der Waals surface area contributed by atoms with Crippen molar-refractivity contribution in [1.82, 2.24) is 14.7 Å². The Kier molecular flexibility index (Phi) is 9.93. The van der Waals surface area contributed by atoms with Gasteiger partial charge >= 0.3 is 12.3 Å². The summed E-state index contributed by atoms with van der Waals surface area (Å²) in [4.78, 5) is 44.9. The molecule has 3 aliphatic rings. The van der Waals surface area contributed by atoms with E-state index in [0.717, 1.165) is 23.8 Å². The third-order valence-corrected chi connectivity index (χ3v) is 9.49. The summed E-state index contributed by atoms with van der Waals surface area (Å²) in [5.74, 6) is -1.98. The van der Waals surface area contributed by atoms with E-state index in [9.17, 15) is 31.9 Å². The number of aryl methyl sites for hydroxylation is 1. The van der Waals surface area contributed by atoms with Crippen LogP contribution < -0.4 is 4.90 Å². The number of likely N-dealkylation sites (tertiary alicyclic amines) is 3. The van der Waals surface area contributed by atoms with E-state index in [4.69, 9.17) is 16.3 Å². The lowest BCUT2D eigenvalue weighted by Crippen LogP contribution is -2.43. The fourth-order valence-corrected chi connectivity index (χ4v) is 6.77. The summed E-state index contributed by atoms with van der Waals surface area (Å²) in [5.41, 5.74) is -0.679. The monoisotopic (exact) mass is 652 g/mol. The number of nitrogens with zero attached hydrogens (tertiary/aromatic N) is 4. The van der Waals surface area contributed by atoms with Gasteiger partial charge in [0.1, 0.15) is 11.9 Å². The second kappa shape index (κ2) is 13.5. The van der Waals surface area contributed by atoms with Crippen molar-refractivity contribution in [3.8, 4) is 0 Å². The number of carbonyl (C=O) groups excluding carboxylic acids is 3. The Morgan fingerprint density at radius 1 is 1.00 bits per heavy atom. The van der Waals surface area contributed by atoms with Crippen LogP contribution in [0.3, 0.4) is 0 Å². The number of benzene rings is 2. The first-order chi connectivity index (χ1) is 21.3. The van der Waals surface area contributed by atoms with Crippen LogP contribution in [0.25, 0.3) is 0 Å². The lowest BCUT2D eigenvalue weighted by atomic mass is 10.0. The summed E-state index contributed by atoms with van der Waals surface area (Å²) in [7, 11) is 0. The van der Waals surface area contributed by atoms with Gasteiger partial charge in [-0.25, -0.2) is 9.18 Å². The minimum absolute atomic E-state index is 0.00161. The fraction of sp³-hybridized carbons (Fsp3) is 0.531. The predicted octanol–water partition coefficient (Wildman–Crippen LogP) is 5.85. The Balaban J connectivity index is 1.16. The van der Waals surface area contributed by atoms with Crippen LogP contribution >= 0.6 is 11.6 Å². The van der Waals surface area contributed by atoms with Gasteiger partial charge in [0.05, 0.1) is 11.1 Å². The van der Waals surface area contributed by atoms with E-state index in [1.807, 2.05) is 19.1 Å². The number of amides is 3. The molecule has 2 aromatic carbocycles. The van der Waals surface area contributed by atoms with Gasteiger partial charge in [0.25, 0.3) is 5.91 Å². The van der Waals surface area contributed by atoms with Crippen LogP contribution in [0, 0.1) is 24.6 Å². The Labute approximate surface area is 264 Å². The van der Waals surface area contributed by atoms with Crippen molar-refractivity contribution in [1.29, 1.82) is 0 Å². The van der Waals surface area contributed by atoms with E-state index in [0.29, 0.717) is 69.2 Å². The van der Waals surface area contributed by atoms with Crippen molar-refractivity contribution in [3.05, 3.63) is 63.9 Å². The summed E-state index contributed by atoms with van der Waals surface area (Å²) in [5, 5.41) is 0.532. The third kappa shape index (κ3) is 7.54. The molecule has 3 aliphatic heterocycles. The molecule has 244 valence electrons. The largest absolute Gasteiger partial charge is 0.446 e. The number of carbonyl (C=O) groups is 3. The van der Waals surface area contributed by atoms with Gasteiger partial charge in [-0.1, -0.05) is 23.7 Å². The minimum Gasteiger partial charge on any atom is -0.446 e. The SMILES string of the molecule is CC(=O)N1CCC(OC(=O)N(CCCN2CC3CN(C(=O)c4c(F)cccc4C(F)(F)F)CC3C2)c2ccc(C)c(Cl)c2)CC1. The molecule has 3 fully saturated rings. The molecule has 0 spiro atoms. The van der Waals surface area contributed by atoms with E-state index in [2.05, 4.69) is 4.90 Å². The number of anilines is 1. The quantitative estimate of drug-likeness (QED) is 0.351. The van der Waals surface area contributed by atoms with Gasteiger partial charge in [-0.15, -0.1) is 0 Å². The molecule has 8 nitrogen and oxygen atoms in total. The van der Waals surface area contributed by atoms with Gasteiger partial charge in [0.2, 0.25) is 5.91 Å². The maximum Gasteiger partial charge on any atom is 0.417 e. The van der Waals surface area contributed by atoms with Crippen LogP contribution in [0.4, 0.5) is 28.0 Å². The van der Waals surface area contributed by atoms with Crippen molar-refractivity contribution in [2.24, 2.45) is 11.8 Å². The first-order valence-electron chi connectivity index (χ1n) is 15.2. The van der Waals surface area contributed by atoms with Crippen LogP contribution in [0.2, 0.25) is 5.02 Å². The fourth-order valence-electron chi connectivity index (χ4n) is 6.60. The maximum absolute atomic E-state index is 14.4. The molecule has 2 atom stereocenters. The summed E-state index contributed by atoms with van der Waals surface area (Å²) in [6.45, 7) is 7.31. The lowest BCUT2D eigenvalue weighted by molar-refractivity contribution is -0.138. The zero-order valence-electron chi connectivity index (χ0n) is 25.3. The summed E-state index contributed by atoms with van der Waals surface area (Å²) in [6, 6.07) is 7.97. The molecule has 0 N–H and O–H groups in total. The van der Waals surface area contributed by atoms with Crippen LogP contribution in [0.1, 0.15) is 47.7 Å². The highest BCUT2D eigenvalue weighted by Gasteiger charge is 2.44. The number of alkyl halides is 3. The molecule has 45 heavy (non-hydrogen) atoms. The molecule has 0 aliphatic carbocycles. The Morgan fingerprint density at radius 3 is 2.27 bits per heavy atom. The number of hydrogen-bond donors (Lipinski definition) is 0. The number of halogens is 5. The predicted molar refractivity (Wildman–Crippen MR) is 161 cm³/mol. The number of piperidine rings is 1. The van der Waals surface area contributed by atoms with Gasteiger partial charge < -0.3 is 19.4 Å². The topological polar surface area (TPSA) is 73.4 Å². The van der Waals surface area contributed by atoms with Gasteiger partial charge in [0, 0.05) is 76.3 Å². The smallest absolute Gasteiger partial charge is 0.417 e. The van der Waals surface area contributed by atoms with Gasteiger partial charge in [0.15, 0.2) is 0 Å². The standard InChI is InChI=1S/C32H37ClF4N4O4/c1-20-7-8-24(15-27(20)33)41(31(44)45-25-9-13-39(14-10-25)21(2)42)12-4-11-38-16-22-18-40(19-23(22)17-38)30(43)29-26(32(35,36)37)5-3-6-28(29)34/h3,5-8,15,22-23,25H,4,9-14,16-19H2,1-2H3. The van der Waals surface area contributed by atoms with Crippen molar-refractivity contribution in [2.75, 3.05) is 57.3 Å². The number of hydrogen-bond acceptors (Lipinski definition) is 5. The molecule has 5 rings (SSSR count). The summed E-state index contributed by atoms with van der Waals surface area (Å²) in [6.07, 6.45) is -3.85. The van der Waals surface area contributed by atoms with Crippen LogP contribution in [-0.2, 0) is 15.7 Å². The van der Waals surface area contributed by atoms with Gasteiger partial charge in [-0.05, 0) is 61.6 Å². The first kappa shape index (κ1) is 33.0. The van der Waals surface area contributed by atoms with E-state index in [1.54, 1.807) is 15.9 Å². The second-order valence-corrected chi connectivity index (χ2v) is 12.6. The van der Waals surface area contributed by atoms with E-state index in [1.165, 1.54) is 11.8 Å². The summed E-state index contributed by atoms with van der Waals surface area (Å²) < 4.78 is 60.8. The van der Waals surface area contributed by atoms with E-state index in [-0.39, 0.29) is 36.9 Å². The second-order valence-electron chi connectivity index (χ2n) is 12.2. The Hall–Kier alpha value is -3.38. The van der Waals surface area contributed by atoms with Gasteiger partial charge in [-0.2, -0.15) is 13.2 Å². The Morgan fingerprint density at radius 2 is 1.67 bits per heavy atom. The molecule has 3 heterocycles.